The van der Waals surface area contributed by atoms with Gasteiger partial charge in [-0.2, -0.15) is 5.10 Å². The molecule has 1 amide bonds. The molecular formula is C20H23N7O2. The van der Waals surface area contributed by atoms with Gasteiger partial charge in [0.2, 0.25) is 0 Å². The van der Waals surface area contributed by atoms with E-state index in [1.807, 2.05) is 45.9 Å². The van der Waals surface area contributed by atoms with Crippen LogP contribution < -0.4 is 5.73 Å². The molecule has 2 aliphatic rings. The molecule has 5 rings (SSSR count). The molecule has 2 aromatic heterocycles. The summed E-state index contributed by atoms with van der Waals surface area (Å²) in [6, 6.07) is 11.8. The number of primary amides is 1. The smallest absolute Gasteiger partial charge is 0.269 e. The standard InChI is InChI=1S/C20H23N7O2/c21-19(28)18-10-16-13-29-20(14-26(16)23-18)6-8-25(9-7-20)12-17-11-22-24-27(17)15-4-2-1-3-5-15/h1-5,10-11H,6-9,12-14H2,(H2,21,28). The molecule has 9 nitrogen and oxygen atoms in total. The Morgan fingerprint density at radius 2 is 2.00 bits per heavy atom. The van der Waals surface area contributed by atoms with Gasteiger partial charge in [-0.15, -0.1) is 5.10 Å². The van der Waals surface area contributed by atoms with Gasteiger partial charge >= 0.3 is 0 Å². The monoisotopic (exact) mass is 393 g/mol. The molecule has 4 heterocycles. The highest BCUT2D eigenvalue weighted by molar-refractivity contribution is 5.90. The molecule has 9 heteroatoms. The van der Waals surface area contributed by atoms with Crippen molar-refractivity contribution >= 4 is 5.91 Å². The summed E-state index contributed by atoms with van der Waals surface area (Å²) in [6.45, 7) is 3.74. The van der Waals surface area contributed by atoms with Gasteiger partial charge in [-0.3, -0.25) is 14.4 Å². The first-order chi connectivity index (χ1) is 14.1. The van der Waals surface area contributed by atoms with Crippen molar-refractivity contribution in [2.24, 2.45) is 5.73 Å². The van der Waals surface area contributed by atoms with Crippen molar-refractivity contribution in [2.45, 2.75) is 38.1 Å². The second-order valence-electron chi connectivity index (χ2n) is 7.76. The third-order valence-corrected chi connectivity index (χ3v) is 5.85. The maximum atomic E-state index is 11.4. The van der Waals surface area contributed by atoms with Crippen molar-refractivity contribution in [1.82, 2.24) is 29.7 Å². The fourth-order valence-corrected chi connectivity index (χ4v) is 4.18. The number of rotatable bonds is 4. The average Bonchev–Trinajstić information content (AvgIpc) is 3.37. The number of nitrogens with two attached hydrogens (primary N) is 1. The molecule has 1 fully saturated rings. The van der Waals surface area contributed by atoms with E-state index in [1.54, 1.807) is 6.07 Å². The zero-order valence-electron chi connectivity index (χ0n) is 16.1. The molecule has 0 radical (unpaired) electrons. The molecule has 1 spiro atoms. The van der Waals surface area contributed by atoms with Crippen LogP contribution in [0.5, 0.6) is 0 Å². The van der Waals surface area contributed by atoms with Crippen molar-refractivity contribution in [3.63, 3.8) is 0 Å². The van der Waals surface area contributed by atoms with Gasteiger partial charge in [0.1, 0.15) is 5.69 Å². The molecule has 0 atom stereocenters. The summed E-state index contributed by atoms with van der Waals surface area (Å²) >= 11 is 0. The molecule has 0 saturated carbocycles. The van der Waals surface area contributed by atoms with Gasteiger partial charge in [0.25, 0.3) is 5.91 Å². The van der Waals surface area contributed by atoms with Gasteiger partial charge < -0.3 is 10.5 Å². The topological polar surface area (TPSA) is 104 Å². The Balaban J connectivity index is 1.25. The summed E-state index contributed by atoms with van der Waals surface area (Å²) in [5.74, 6) is -0.501. The number of benzene rings is 1. The maximum absolute atomic E-state index is 11.4. The molecule has 29 heavy (non-hydrogen) atoms. The summed E-state index contributed by atoms with van der Waals surface area (Å²) in [5, 5.41) is 12.7. The number of para-hydroxylation sites is 1. The van der Waals surface area contributed by atoms with Gasteiger partial charge in [0.15, 0.2) is 0 Å². The number of ether oxygens (including phenoxy) is 1. The molecule has 150 valence electrons. The van der Waals surface area contributed by atoms with Crippen LogP contribution in [-0.2, 0) is 24.4 Å². The Morgan fingerprint density at radius 1 is 1.21 bits per heavy atom. The second kappa shape index (κ2) is 7.09. The molecule has 3 aromatic rings. The van der Waals surface area contributed by atoms with E-state index in [0.29, 0.717) is 18.8 Å². The van der Waals surface area contributed by atoms with E-state index in [0.717, 1.165) is 49.6 Å². The van der Waals surface area contributed by atoms with E-state index in [-0.39, 0.29) is 5.60 Å². The minimum atomic E-state index is -0.501. The number of aromatic nitrogens is 5. The molecule has 1 saturated heterocycles. The molecule has 0 aliphatic carbocycles. The maximum Gasteiger partial charge on any atom is 0.269 e. The van der Waals surface area contributed by atoms with E-state index in [9.17, 15) is 4.79 Å². The zero-order chi connectivity index (χ0) is 19.8. The Bertz CT molecular complexity index is 1020. The quantitative estimate of drug-likeness (QED) is 0.713. The van der Waals surface area contributed by atoms with Crippen LogP contribution in [0.3, 0.4) is 0 Å². The lowest BCUT2D eigenvalue weighted by molar-refractivity contribution is -0.124. The van der Waals surface area contributed by atoms with Crippen LogP contribution in [0.25, 0.3) is 5.69 Å². The molecule has 2 N–H and O–H groups in total. The number of likely N-dealkylation sites (tertiary alicyclic amines) is 1. The lowest BCUT2D eigenvalue weighted by Crippen LogP contribution is -2.50. The first-order valence-electron chi connectivity index (χ1n) is 9.80. The van der Waals surface area contributed by atoms with Crippen molar-refractivity contribution in [3.8, 4) is 5.69 Å². The van der Waals surface area contributed by atoms with Crippen LogP contribution in [0.2, 0.25) is 0 Å². The number of carbonyl (C=O) groups excluding carboxylic acids is 1. The fraction of sp³-hybridized carbons (Fsp3) is 0.400. The number of piperidine rings is 1. The number of amides is 1. The summed E-state index contributed by atoms with van der Waals surface area (Å²) in [5.41, 5.74) is 8.42. The third kappa shape index (κ3) is 3.43. The van der Waals surface area contributed by atoms with Crippen LogP contribution in [0, 0.1) is 0 Å². The number of carbonyl (C=O) groups is 1. The highest BCUT2D eigenvalue weighted by Gasteiger charge is 2.40. The summed E-state index contributed by atoms with van der Waals surface area (Å²) in [4.78, 5) is 13.8. The van der Waals surface area contributed by atoms with E-state index in [4.69, 9.17) is 10.5 Å². The van der Waals surface area contributed by atoms with E-state index >= 15 is 0 Å². The first-order valence-corrected chi connectivity index (χ1v) is 9.80. The SMILES string of the molecule is NC(=O)c1cc2n(n1)CC1(CCN(Cc3cnnn3-c3ccccc3)CC1)OC2. The highest BCUT2D eigenvalue weighted by Crippen LogP contribution is 2.33. The van der Waals surface area contributed by atoms with Gasteiger partial charge in [-0.1, -0.05) is 23.4 Å². The molecule has 1 aromatic carbocycles. The van der Waals surface area contributed by atoms with Crippen LogP contribution >= 0.6 is 0 Å². The zero-order valence-corrected chi connectivity index (χ0v) is 16.1. The van der Waals surface area contributed by atoms with Crippen LogP contribution in [0.4, 0.5) is 0 Å². The van der Waals surface area contributed by atoms with Gasteiger partial charge in [-0.25, -0.2) is 4.68 Å². The second-order valence-corrected chi connectivity index (χ2v) is 7.76. The third-order valence-electron chi connectivity index (χ3n) is 5.85. The summed E-state index contributed by atoms with van der Waals surface area (Å²) < 4.78 is 10.0. The summed E-state index contributed by atoms with van der Waals surface area (Å²) in [6.07, 6.45) is 3.64. The number of hydrogen-bond acceptors (Lipinski definition) is 6. The largest absolute Gasteiger partial charge is 0.367 e. The van der Waals surface area contributed by atoms with Crippen LogP contribution in [0.1, 0.15) is 34.7 Å². The molecular weight excluding hydrogens is 370 g/mol. The Morgan fingerprint density at radius 3 is 2.76 bits per heavy atom. The average molecular weight is 393 g/mol. The Labute approximate surface area is 168 Å². The fourth-order valence-electron chi connectivity index (χ4n) is 4.18. The number of fused-ring (bicyclic) bond motifs is 1. The Hall–Kier alpha value is -3.04. The predicted octanol–water partition coefficient (Wildman–Crippen LogP) is 1.13. The minimum Gasteiger partial charge on any atom is -0.367 e. The van der Waals surface area contributed by atoms with Crippen LogP contribution in [0.15, 0.2) is 42.6 Å². The van der Waals surface area contributed by atoms with Crippen molar-refractivity contribution in [1.29, 1.82) is 0 Å². The molecule has 2 aliphatic heterocycles. The van der Waals surface area contributed by atoms with E-state index in [2.05, 4.69) is 20.3 Å². The van der Waals surface area contributed by atoms with Gasteiger partial charge in [0, 0.05) is 19.6 Å². The number of hydrogen-bond donors (Lipinski definition) is 1. The van der Waals surface area contributed by atoms with Crippen molar-refractivity contribution in [3.05, 3.63) is 59.7 Å². The normalized spacial score (nSPS) is 18.6. The van der Waals surface area contributed by atoms with E-state index in [1.165, 1.54) is 0 Å². The van der Waals surface area contributed by atoms with Crippen molar-refractivity contribution < 1.29 is 9.53 Å². The predicted molar refractivity (Wildman–Crippen MR) is 104 cm³/mol. The van der Waals surface area contributed by atoms with Crippen LogP contribution in [-0.4, -0.2) is 54.3 Å². The molecule has 0 unspecified atom stereocenters. The van der Waals surface area contributed by atoms with Crippen molar-refractivity contribution in [2.75, 3.05) is 13.1 Å². The lowest BCUT2D eigenvalue weighted by Gasteiger charge is -2.43. The first kappa shape index (κ1) is 18.0. The van der Waals surface area contributed by atoms with E-state index < -0.39 is 5.91 Å². The van der Waals surface area contributed by atoms with Gasteiger partial charge in [-0.05, 0) is 31.0 Å². The minimum absolute atomic E-state index is 0.234. The summed E-state index contributed by atoms with van der Waals surface area (Å²) in [7, 11) is 0. The van der Waals surface area contributed by atoms with Gasteiger partial charge in [0.05, 0.1) is 42.0 Å². The number of nitrogens with zero attached hydrogens (tertiary/aromatic N) is 6. The Kier molecular flexibility index (Phi) is 4.40. The highest BCUT2D eigenvalue weighted by atomic mass is 16.5. The lowest BCUT2D eigenvalue weighted by atomic mass is 9.90. The molecule has 0 bridgehead atoms.